The molecule has 1 heterocycles. The molecule has 0 saturated carbocycles. The Bertz CT molecular complexity index is 404. The van der Waals surface area contributed by atoms with Crippen LogP contribution in [-0.2, 0) is 0 Å². The highest BCUT2D eigenvalue weighted by atomic mass is 15.3. The number of rotatable bonds is 2. The molecule has 0 unspecified atom stereocenters. The molecule has 72 valence electrons. The van der Waals surface area contributed by atoms with E-state index in [4.69, 9.17) is 0 Å². The molecule has 0 atom stereocenters. The number of hydrogen-bond acceptors (Lipinski definition) is 2. The monoisotopic (exact) mass is 187 g/mol. The van der Waals surface area contributed by atoms with Crippen molar-refractivity contribution in [1.29, 1.82) is 0 Å². The number of H-pyrrole nitrogens is 1. The lowest BCUT2D eigenvalue weighted by Gasteiger charge is -2.05. The summed E-state index contributed by atoms with van der Waals surface area (Å²) < 4.78 is 0. The minimum absolute atomic E-state index is 0.543. The van der Waals surface area contributed by atoms with Crippen LogP contribution in [0.1, 0.15) is 25.3 Å². The summed E-state index contributed by atoms with van der Waals surface area (Å²) in [5.74, 6) is 0.543. The topological polar surface area (TPSA) is 41.6 Å². The molecule has 0 bridgehead atoms. The lowest BCUT2D eigenvalue weighted by molar-refractivity contribution is 0.867. The Labute approximate surface area is 83.2 Å². The Morgan fingerprint density at radius 1 is 1.29 bits per heavy atom. The van der Waals surface area contributed by atoms with Gasteiger partial charge in [0.2, 0.25) is 0 Å². The second kappa shape index (κ2) is 3.62. The van der Waals surface area contributed by atoms with Gasteiger partial charge in [-0.3, -0.25) is 0 Å². The molecular weight excluding hydrogens is 174 g/mol. The second-order valence-electron chi connectivity index (χ2n) is 3.64. The van der Waals surface area contributed by atoms with Gasteiger partial charge in [-0.05, 0) is 17.5 Å². The lowest BCUT2D eigenvalue weighted by atomic mass is 10.00. The van der Waals surface area contributed by atoms with E-state index < -0.39 is 0 Å². The fraction of sp³-hybridized carbons (Fsp3) is 0.273. The molecule has 0 aliphatic heterocycles. The van der Waals surface area contributed by atoms with Gasteiger partial charge < -0.3 is 0 Å². The highest BCUT2D eigenvalue weighted by Crippen LogP contribution is 2.21. The first kappa shape index (κ1) is 8.94. The van der Waals surface area contributed by atoms with Gasteiger partial charge in [-0.15, -0.1) is 0 Å². The highest BCUT2D eigenvalue weighted by Gasteiger charge is 2.03. The summed E-state index contributed by atoms with van der Waals surface area (Å²) in [7, 11) is 0. The first-order valence-corrected chi connectivity index (χ1v) is 4.73. The van der Waals surface area contributed by atoms with Gasteiger partial charge in [0, 0.05) is 5.56 Å². The maximum atomic E-state index is 4.05. The van der Waals surface area contributed by atoms with E-state index >= 15 is 0 Å². The third-order valence-electron chi connectivity index (χ3n) is 2.26. The van der Waals surface area contributed by atoms with Crippen LogP contribution in [0.4, 0.5) is 0 Å². The Morgan fingerprint density at radius 2 is 2.14 bits per heavy atom. The Morgan fingerprint density at radius 3 is 2.79 bits per heavy atom. The minimum atomic E-state index is 0.543. The smallest absolute Gasteiger partial charge is 0.112 e. The standard InChI is InChI=1S/C11H13N3/c1-8(2)9-4-3-5-10(6-9)11-7-12-14-13-11/h3-8H,1-2H3,(H,12,13,14). The molecule has 3 nitrogen and oxygen atoms in total. The molecule has 2 aromatic rings. The third kappa shape index (κ3) is 1.66. The van der Waals surface area contributed by atoms with Crippen molar-refractivity contribution >= 4 is 0 Å². The summed E-state index contributed by atoms with van der Waals surface area (Å²) in [6.45, 7) is 4.36. The molecule has 0 spiro atoms. The summed E-state index contributed by atoms with van der Waals surface area (Å²) in [5.41, 5.74) is 3.34. The minimum Gasteiger partial charge on any atom is -0.197 e. The number of nitrogens with zero attached hydrogens (tertiary/aromatic N) is 2. The average Bonchev–Trinajstić information content (AvgIpc) is 2.71. The van der Waals surface area contributed by atoms with Crippen molar-refractivity contribution in [2.75, 3.05) is 0 Å². The highest BCUT2D eigenvalue weighted by molar-refractivity contribution is 5.58. The van der Waals surface area contributed by atoms with Crippen LogP contribution in [0.15, 0.2) is 30.5 Å². The first-order chi connectivity index (χ1) is 6.77. The van der Waals surface area contributed by atoms with E-state index in [9.17, 15) is 0 Å². The zero-order valence-corrected chi connectivity index (χ0v) is 8.36. The third-order valence-corrected chi connectivity index (χ3v) is 2.26. The molecule has 0 radical (unpaired) electrons. The molecule has 2 rings (SSSR count). The lowest BCUT2D eigenvalue weighted by Crippen LogP contribution is -1.87. The molecule has 0 aliphatic carbocycles. The van der Waals surface area contributed by atoms with E-state index in [1.165, 1.54) is 5.56 Å². The predicted octanol–water partition coefficient (Wildman–Crippen LogP) is 2.60. The van der Waals surface area contributed by atoms with Crippen LogP contribution in [0, 0.1) is 0 Å². The van der Waals surface area contributed by atoms with E-state index in [1.54, 1.807) is 6.20 Å². The van der Waals surface area contributed by atoms with Crippen molar-refractivity contribution < 1.29 is 0 Å². The number of hydrogen-bond donors (Lipinski definition) is 1. The summed E-state index contributed by atoms with van der Waals surface area (Å²) >= 11 is 0. The molecular formula is C11H13N3. The molecule has 1 N–H and O–H groups in total. The molecule has 0 aliphatic rings. The van der Waals surface area contributed by atoms with Crippen LogP contribution in [0.2, 0.25) is 0 Å². The summed E-state index contributed by atoms with van der Waals surface area (Å²) in [5, 5.41) is 10.5. The van der Waals surface area contributed by atoms with Gasteiger partial charge in [-0.2, -0.15) is 15.4 Å². The average molecular weight is 187 g/mol. The maximum Gasteiger partial charge on any atom is 0.112 e. The van der Waals surface area contributed by atoms with Gasteiger partial charge in [0.25, 0.3) is 0 Å². The van der Waals surface area contributed by atoms with Gasteiger partial charge in [0.05, 0.1) is 6.20 Å². The van der Waals surface area contributed by atoms with E-state index in [1.807, 2.05) is 6.07 Å². The van der Waals surface area contributed by atoms with Gasteiger partial charge in [-0.25, -0.2) is 0 Å². The van der Waals surface area contributed by atoms with Gasteiger partial charge >= 0.3 is 0 Å². The van der Waals surface area contributed by atoms with E-state index in [-0.39, 0.29) is 0 Å². The number of nitrogens with one attached hydrogen (secondary N) is 1. The molecule has 3 heteroatoms. The predicted molar refractivity (Wildman–Crippen MR) is 55.9 cm³/mol. The van der Waals surface area contributed by atoms with Crippen LogP contribution in [0.25, 0.3) is 11.3 Å². The zero-order chi connectivity index (χ0) is 9.97. The maximum absolute atomic E-state index is 4.05. The van der Waals surface area contributed by atoms with Crippen LogP contribution in [0.3, 0.4) is 0 Å². The zero-order valence-electron chi connectivity index (χ0n) is 8.36. The number of benzene rings is 1. The van der Waals surface area contributed by atoms with Crippen molar-refractivity contribution in [2.24, 2.45) is 0 Å². The molecule has 1 aromatic carbocycles. The quantitative estimate of drug-likeness (QED) is 0.785. The van der Waals surface area contributed by atoms with Gasteiger partial charge in [0.15, 0.2) is 0 Å². The number of aromatic amines is 1. The summed E-state index contributed by atoms with van der Waals surface area (Å²) in [6.07, 6.45) is 1.74. The van der Waals surface area contributed by atoms with Crippen molar-refractivity contribution in [2.45, 2.75) is 19.8 Å². The normalized spacial score (nSPS) is 10.8. The first-order valence-electron chi connectivity index (χ1n) is 4.73. The molecule has 0 amide bonds. The Hall–Kier alpha value is -1.64. The van der Waals surface area contributed by atoms with Gasteiger partial charge in [-0.1, -0.05) is 32.0 Å². The fourth-order valence-electron chi connectivity index (χ4n) is 1.40. The molecule has 0 fully saturated rings. The Kier molecular flexibility index (Phi) is 2.31. The molecule has 14 heavy (non-hydrogen) atoms. The van der Waals surface area contributed by atoms with Crippen molar-refractivity contribution in [3.8, 4) is 11.3 Å². The van der Waals surface area contributed by atoms with Crippen LogP contribution in [0.5, 0.6) is 0 Å². The van der Waals surface area contributed by atoms with E-state index in [0.717, 1.165) is 11.3 Å². The van der Waals surface area contributed by atoms with E-state index in [2.05, 4.69) is 47.5 Å². The molecule has 1 aromatic heterocycles. The second-order valence-corrected chi connectivity index (χ2v) is 3.64. The Balaban J connectivity index is 2.41. The molecule has 0 saturated heterocycles. The van der Waals surface area contributed by atoms with E-state index in [0.29, 0.717) is 5.92 Å². The van der Waals surface area contributed by atoms with Crippen LogP contribution >= 0.6 is 0 Å². The van der Waals surface area contributed by atoms with Crippen molar-refractivity contribution in [3.63, 3.8) is 0 Å². The SMILES string of the molecule is CC(C)c1cccc(-c2cn[nH]n2)c1. The van der Waals surface area contributed by atoms with Gasteiger partial charge in [0.1, 0.15) is 5.69 Å². The van der Waals surface area contributed by atoms with Crippen molar-refractivity contribution in [1.82, 2.24) is 15.4 Å². The number of aromatic nitrogens is 3. The largest absolute Gasteiger partial charge is 0.197 e. The van der Waals surface area contributed by atoms with Crippen LogP contribution in [-0.4, -0.2) is 15.4 Å². The fourth-order valence-corrected chi connectivity index (χ4v) is 1.40. The summed E-state index contributed by atoms with van der Waals surface area (Å²) in [6, 6.07) is 8.39. The van der Waals surface area contributed by atoms with Crippen molar-refractivity contribution in [3.05, 3.63) is 36.0 Å². The van der Waals surface area contributed by atoms with Crippen LogP contribution < -0.4 is 0 Å². The summed E-state index contributed by atoms with van der Waals surface area (Å²) in [4.78, 5) is 0.